The van der Waals surface area contributed by atoms with Gasteiger partial charge in [0.15, 0.2) is 0 Å². The number of amides is 2. The quantitative estimate of drug-likeness (QED) is 0.0576. The molecule has 0 radical (unpaired) electrons. The minimum Gasteiger partial charge on any atom is -0.748 e. The van der Waals surface area contributed by atoms with Gasteiger partial charge in [-0.15, -0.1) is 5.06 Å². The molecule has 0 spiro atoms. The molecule has 7 rings (SSSR count). The number of rotatable bonds is 16. The Morgan fingerprint density at radius 1 is 0.534 bits per heavy atom. The van der Waals surface area contributed by atoms with Gasteiger partial charge in [-0.3, -0.25) is 48.6 Å². The number of hydrogen-bond donors (Lipinski definition) is 2. The summed E-state index contributed by atoms with van der Waals surface area (Å²) in [6.07, 6.45) is 10.3. The van der Waals surface area contributed by atoms with Crippen molar-refractivity contribution in [3.63, 3.8) is 0 Å². The van der Waals surface area contributed by atoms with E-state index in [2.05, 4.69) is 29.9 Å². The molecule has 0 bridgehead atoms. The second kappa shape index (κ2) is 29.2. The predicted octanol–water partition coefficient (Wildman–Crippen LogP) is -2.46. The zero-order valence-corrected chi connectivity index (χ0v) is 48.0. The van der Waals surface area contributed by atoms with Crippen LogP contribution >= 0.6 is 0 Å². The van der Waals surface area contributed by atoms with Crippen LogP contribution in [0.3, 0.4) is 0 Å². The van der Waals surface area contributed by atoms with E-state index in [9.17, 15) is 57.2 Å². The maximum Gasteiger partial charge on any atom is 2.00 e. The van der Waals surface area contributed by atoms with Gasteiger partial charge in [-0.05, 0) is 126 Å². The SMILES string of the molecule is Cc1ccnc(-c2cc(CCCC(=O)ON3C(=O)CCC3=O)ccn2)c1.O=S(=O)(O)Cc1ccnc(-c2cc(CS(=O)(=O)O)ccn2)c1.O=S(=O)([O-])Cc1ccnc(-c2cc(CS(=O)(=O)[O-])ccn2)c1.[Na+].[Na+].[Ru+2]. The standard InChI is InChI=1S/C19H19N3O4.2C12H12N2O6S2.2Na.Ru/c1-13-7-9-20-15(11-13)16-12-14(8-10-21-16)3-2-4-19(25)26-22-17(23)5-6-18(22)24;2*15-21(16,17)7-9-1-3-13-11(5-9)12-6-10(2-4-14-12)8-22(18,19)20;;;/h7-12H,2-6H2,1H3;2*1-6H,7-8H2,(H,15,16,17)(H,18,19,20);;;/q;;;2*+1;+2/p-2. The fourth-order valence-electron chi connectivity index (χ4n) is 6.33. The Morgan fingerprint density at radius 2 is 0.836 bits per heavy atom. The summed E-state index contributed by atoms with van der Waals surface area (Å²) in [7, 11) is -17.2. The molecular weight excluding hydrogens is 1150 g/mol. The van der Waals surface area contributed by atoms with Crippen molar-refractivity contribution in [2.24, 2.45) is 0 Å². The van der Waals surface area contributed by atoms with Crippen LogP contribution in [0.2, 0.25) is 0 Å². The van der Waals surface area contributed by atoms with Gasteiger partial charge in [-0.2, -0.15) is 16.8 Å². The van der Waals surface area contributed by atoms with Crippen molar-refractivity contribution in [2.45, 2.75) is 62.0 Å². The van der Waals surface area contributed by atoms with Gasteiger partial charge in [0.2, 0.25) is 0 Å². The van der Waals surface area contributed by atoms with E-state index in [0.717, 1.165) is 22.5 Å². The number of carbonyl (C=O) groups is 3. The zero-order valence-electron chi connectivity index (χ0n) is 39.0. The number of aryl methyl sites for hydroxylation is 2. The number of aromatic nitrogens is 6. The fraction of sp³-hybridized carbons (Fsp3) is 0.233. The average Bonchev–Trinajstić information content (AvgIpc) is 3.57. The Labute approximate surface area is 477 Å². The molecule has 376 valence electrons. The van der Waals surface area contributed by atoms with Crippen LogP contribution in [0.25, 0.3) is 34.2 Å². The second-order valence-corrected chi connectivity index (χ2v) is 20.9. The van der Waals surface area contributed by atoms with Crippen molar-refractivity contribution in [1.29, 1.82) is 0 Å². The zero-order chi connectivity index (χ0) is 51.3. The third-order valence-electron chi connectivity index (χ3n) is 9.25. The molecule has 6 aromatic heterocycles. The summed E-state index contributed by atoms with van der Waals surface area (Å²) >= 11 is 0. The maximum atomic E-state index is 11.8. The Balaban J connectivity index is 0.000000369. The minimum absolute atomic E-state index is 0. The van der Waals surface area contributed by atoms with Gasteiger partial charge in [0.25, 0.3) is 32.1 Å². The molecule has 1 aliphatic rings. The first-order valence-electron chi connectivity index (χ1n) is 20.3. The summed E-state index contributed by atoms with van der Waals surface area (Å²) in [5.74, 6) is -4.00. The monoisotopic (exact) mass is 1190 g/mol. The summed E-state index contributed by atoms with van der Waals surface area (Å²) < 4.78 is 126. The Kier molecular flexibility index (Phi) is 25.9. The Morgan fingerprint density at radius 3 is 1.16 bits per heavy atom. The summed E-state index contributed by atoms with van der Waals surface area (Å²) in [4.78, 5) is 64.2. The van der Waals surface area contributed by atoms with E-state index in [1.807, 2.05) is 31.2 Å². The van der Waals surface area contributed by atoms with Gasteiger partial charge in [-0.1, -0.05) is 0 Å². The Bertz CT molecular complexity index is 3050. The summed E-state index contributed by atoms with van der Waals surface area (Å²) in [5, 5.41) is 0.580. The molecule has 6 aromatic rings. The van der Waals surface area contributed by atoms with Crippen molar-refractivity contribution in [3.05, 3.63) is 143 Å². The third-order valence-corrected chi connectivity index (χ3v) is 12.0. The molecule has 0 aliphatic carbocycles. The van der Waals surface area contributed by atoms with Crippen LogP contribution in [0.4, 0.5) is 0 Å². The topological polar surface area (TPSA) is 364 Å². The first kappa shape index (κ1) is 64.9. The van der Waals surface area contributed by atoms with Gasteiger partial charge >= 0.3 is 84.6 Å². The van der Waals surface area contributed by atoms with Crippen LogP contribution in [0, 0.1) is 6.92 Å². The smallest absolute Gasteiger partial charge is 0.748 e. The van der Waals surface area contributed by atoms with E-state index in [4.69, 9.17) is 13.9 Å². The first-order chi connectivity index (χ1) is 32.8. The Hall–Kier alpha value is -4.23. The van der Waals surface area contributed by atoms with E-state index in [-0.39, 0.29) is 120 Å². The van der Waals surface area contributed by atoms with Crippen molar-refractivity contribution in [1.82, 2.24) is 35.0 Å². The molecule has 1 fully saturated rings. The first-order valence-corrected chi connectivity index (χ1v) is 26.7. The largest absolute Gasteiger partial charge is 2.00 e. The molecule has 0 atom stereocenters. The van der Waals surface area contributed by atoms with Crippen LogP contribution in [-0.4, -0.2) is 105 Å². The molecule has 23 nitrogen and oxygen atoms in total. The van der Waals surface area contributed by atoms with Gasteiger partial charge in [0.05, 0.1) is 65.9 Å². The van der Waals surface area contributed by atoms with E-state index in [0.29, 0.717) is 40.4 Å². The van der Waals surface area contributed by atoms with Crippen molar-refractivity contribution >= 4 is 58.3 Å². The minimum atomic E-state index is -4.43. The summed E-state index contributed by atoms with van der Waals surface area (Å²) in [6.45, 7) is 2.00. The van der Waals surface area contributed by atoms with Gasteiger partial charge < -0.3 is 13.9 Å². The van der Waals surface area contributed by atoms with Crippen LogP contribution in [0.5, 0.6) is 0 Å². The molecule has 0 aromatic carbocycles. The van der Waals surface area contributed by atoms with E-state index in [1.165, 1.54) is 73.3 Å². The van der Waals surface area contributed by atoms with Crippen LogP contribution in [0.1, 0.15) is 59.1 Å². The van der Waals surface area contributed by atoms with Crippen LogP contribution in [0.15, 0.2) is 110 Å². The van der Waals surface area contributed by atoms with Crippen molar-refractivity contribution in [3.8, 4) is 34.2 Å². The van der Waals surface area contributed by atoms with E-state index >= 15 is 0 Å². The normalized spacial score (nSPS) is 12.4. The molecular formula is C43H41N7Na2O16RuS4+2. The molecule has 73 heavy (non-hydrogen) atoms. The molecule has 1 aliphatic heterocycles. The van der Waals surface area contributed by atoms with Gasteiger partial charge in [0.1, 0.15) is 11.5 Å². The van der Waals surface area contributed by atoms with Gasteiger partial charge in [0, 0.05) is 56.4 Å². The number of nitrogens with zero attached hydrogens (tertiary/aromatic N) is 7. The molecule has 30 heteroatoms. The molecule has 2 N–H and O–H groups in total. The van der Waals surface area contributed by atoms with E-state index < -0.39 is 81.3 Å². The van der Waals surface area contributed by atoms with Crippen LogP contribution in [-0.2, 0) is 109 Å². The number of hydroxylamine groups is 2. The number of hydrogen-bond acceptors (Lipinski definition) is 20. The average molecular weight is 1190 g/mol. The van der Waals surface area contributed by atoms with Crippen molar-refractivity contribution in [2.75, 3.05) is 0 Å². The molecule has 1 saturated heterocycles. The number of imide groups is 1. The summed E-state index contributed by atoms with van der Waals surface area (Å²) in [5.41, 5.74) is 6.00. The maximum absolute atomic E-state index is 11.8. The number of carbonyl (C=O) groups excluding carboxylic acids is 3. The molecule has 2 amide bonds. The molecule has 0 unspecified atom stereocenters. The fourth-order valence-corrected chi connectivity index (χ4v) is 8.71. The van der Waals surface area contributed by atoms with E-state index in [1.54, 1.807) is 12.4 Å². The number of pyridine rings is 6. The predicted molar refractivity (Wildman–Crippen MR) is 245 cm³/mol. The third kappa shape index (κ3) is 23.9. The van der Waals surface area contributed by atoms with Crippen molar-refractivity contribution < 1.29 is 150 Å². The summed E-state index contributed by atoms with van der Waals surface area (Å²) in [6, 6.07) is 18.9. The second-order valence-electron chi connectivity index (χ2n) is 15.2. The molecule has 7 heterocycles. The van der Waals surface area contributed by atoms with Crippen LogP contribution < -0.4 is 59.1 Å². The molecule has 0 saturated carbocycles. The van der Waals surface area contributed by atoms with Gasteiger partial charge in [-0.25, -0.2) is 21.6 Å².